The number of nitrogens with zero attached hydrogens (tertiary/aromatic N) is 1. The van der Waals surface area contributed by atoms with Gasteiger partial charge in [-0.15, -0.1) is 0 Å². The van der Waals surface area contributed by atoms with Crippen LogP contribution in [0, 0.1) is 5.41 Å². The zero-order valence-electron chi connectivity index (χ0n) is 14.9. The van der Waals surface area contributed by atoms with E-state index in [1.165, 1.54) is 0 Å². The van der Waals surface area contributed by atoms with Crippen LogP contribution in [0.1, 0.15) is 44.1 Å². The highest BCUT2D eigenvalue weighted by Gasteiger charge is 2.46. The average Bonchev–Trinajstić information content (AvgIpc) is 3.05. The number of hydrogen-bond acceptors (Lipinski definition) is 3. The van der Waals surface area contributed by atoms with Crippen LogP contribution in [0.2, 0.25) is 0 Å². The molecule has 140 valence electrons. The molecule has 2 fully saturated rings. The van der Waals surface area contributed by atoms with E-state index in [1.807, 2.05) is 30.3 Å². The Bertz CT molecular complexity index is 670. The highest BCUT2D eigenvalue weighted by molar-refractivity contribution is 5.86. The maximum atomic E-state index is 12.4. The van der Waals surface area contributed by atoms with Crippen LogP contribution in [-0.4, -0.2) is 46.9 Å². The number of nitrogens with one attached hydrogen (secondary N) is 1. The van der Waals surface area contributed by atoms with E-state index in [0.29, 0.717) is 38.8 Å². The number of benzene rings is 1. The molecule has 6 nitrogen and oxygen atoms in total. The van der Waals surface area contributed by atoms with Gasteiger partial charge in [-0.2, -0.15) is 0 Å². The predicted octanol–water partition coefficient (Wildman–Crippen LogP) is 1.98. The van der Waals surface area contributed by atoms with Crippen molar-refractivity contribution in [3.8, 4) is 0 Å². The van der Waals surface area contributed by atoms with Crippen LogP contribution in [0.3, 0.4) is 0 Å². The van der Waals surface area contributed by atoms with Crippen molar-refractivity contribution in [3.63, 3.8) is 0 Å². The van der Waals surface area contributed by atoms with Gasteiger partial charge in [0.25, 0.3) is 0 Å². The van der Waals surface area contributed by atoms with E-state index in [0.717, 1.165) is 18.4 Å². The van der Waals surface area contributed by atoms with Crippen LogP contribution < -0.4 is 5.32 Å². The Balaban J connectivity index is 1.42. The number of carboxylic acids is 1. The summed E-state index contributed by atoms with van der Waals surface area (Å²) >= 11 is 0. The van der Waals surface area contributed by atoms with E-state index in [1.54, 1.807) is 4.90 Å². The monoisotopic (exact) mass is 358 g/mol. The number of carbonyl (C=O) groups excluding carboxylic acids is 2. The van der Waals surface area contributed by atoms with Gasteiger partial charge in [0.05, 0.1) is 5.41 Å². The third-order valence-electron chi connectivity index (χ3n) is 5.64. The summed E-state index contributed by atoms with van der Waals surface area (Å²) in [6.07, 6.45) is 3.96. The van der Waals surface area contributed by atoms with Crippen LogP contribution in [0.5, 0.6) is 0 Å². The van der Waals surface area contributed by atoms with Gasteiger partial charge in [-0.25, -0.2) is 0 Å². The normalized spacial score (nSPS) is 21.1. The topological polar surface area (TPSA) is 86.7 Å². The Morgan fingerprint density at radius 1 is 1.19 bits per heavy atom. The standard InChI is InChI=1S/C20H26N2O4/c23-17(13-20(19(25)26)10-4-11-20)21-16-9-12-22(14-16)18(24)8-7-15-5-2-1-3-6-15/h1-3,5-6,16H,4,7-14H2,(H,21,23)(H,25,26). The van der Waals surface area contributed by atoms with Gasteiger partial charge in [0.1, 0.15) is 0 Å². The molecule has 1 heterocycles. The molecule has 2 amide bonds. The lowest BCUT2D eigenvalue weighted by molar-refractivity contribution is -0.157. The summed E-state index contributed by atoms with van der Waals surface area (Å²) in [4.78, 5) is 37.7. The molecule has 3 rings (SSSR count). The molecule has 2 aliphatic rings. The first kappa shape index (κ1) is 18.4. The van der Waals surface area contributed by atoms with Gasteiger partial charge in [0, 0.05) is 32.0 Å². The molecule has 1 aliphatic heterocycles. The maximum Gasteiger partial charge on any atom is 0.310 e. The highest BCUT2D eigenvalue weighted by Crippen LogP contribution is 2.44. The van der Waals surface area contributed by atoms with Crippen molar-refractivity contribution in [1.29, 1.82) is 0 Å². The minimum absolute atomic E-state index is 0.0424. The number of carboxylic acid groups (broad SMARTS) is 1. The molecule has 0 spiro atoms. The fraction of sp³-hybridized carbons (Fsp3) is 0.550. The molecular formula is C20H26N2O4. The van der Waals surface area contributed by atoms with Crippen molar-refractivity contribution in [2.75, 3.05) is 13.1 Å². The fourth-order valence-electron chi connectivity index (χ4n) is 3.81. The zero-order valence-corrected chi connectivity index (χ0v) is 14.9. The van der Waals surface area contributed by atoms with Gasteiger partial charge in [-0.3, -0.25) is 14.4 Å². The molecular weight excluding hydrogens is 332 g/mol. The van der Waals surface area contributed by atoms with E-state index in [2.05, 4.69) is 5.32 Å². The molecule has 0 radical (unpaired) electrons. The van der Waals surface area contributed by atoms with Crippen molar-refractivity contribution < 1.29 is 19.5 Å². The van der Waals surface area contributed by atoms with Crippen LogP contribution in [0.25, 0.3) is 0 Å². The zero-order chi connectivity index (χ0) is 18.6. The van der Waals surface area contributed by atoms with Gasteiger partial charge < -0.3 is 15.3 Å². The lowest BCUT2D eigenvalue weighted by Crippen LogP contribution is -2.45. The number of hydrogen-bond donors (Lipinski definition) is 2. The Labute approximate surface area is 153 Å². The van der Waals surface area contributed by atoms with Crippen molar-refractivity contribution in [1.82, 2.24) is 10.2 Å². The molecule has 1 saturated carbocycles. The van der Waals surface area contributed by atoms with E-state index >= 15 is 0 Å². The summed E-state index contributed by atoms with van der Waals surface area (Å²) in [6, 6.07) is 9.84. The predicted molar refractivity (Wildman–Crippen MR) is 96.4 cm³/mol. The first-order chi connectivity index (χ1) is 12.5. The lowest BCUT2D eigenvalue weighted by atomic mass is 9.66. The Morgan fingerprint density at radius 3 is 2.54 bits per heavy atom. The Hall–Kier alpha value is -2.37. The second kappa shape index (κ2) is 7.89. The second-order valence-electron chi connectivity index (χ2n) is 7.49. The largest absolute Gasteiger partial charge is 0.481 e. The summed E-state index contributed by atoms with van der Waals surface area (Å²) in [5.74, 6) is -0.981. The van der Waals surface area contributed by atoms with E-state index in [4.69, 9.17) is 0 Å². The average molecular weight is 358 g/mol. The molecule has 1 aromatic carbocycles. The summed E-state index contributed by atoms with van der Waals surface area (Å²) < 4.78 is 0. The minimum Gasteiger partial charge on any atom is -0.481 e. The second-order valence-corrected chi connectivity index (χ2v) is 7.49. The van der Waals surface area contributed by atoms with Gasteiger partial charge in [-0.05, 0) is 31.2 Å². The number of aryl methyl sites for hydroxylation is 1. The van der Waals surface area contributed by atoms with Crippen LogP contribution in [-0.2, 0) is 20.8 Å². The lowest BCUT2D eigenvalue weighted by Gasteiger charge is -2.37. The van der Waals surface area contributed by atoms with Crippen molar-refractivity contribution >= 4 is 17.8 Å². The van der Waals surface area contributed by atoms with Crippen molar-refractivity contribution in [2.24, 2.45) is 5.41 Å². The van der Waals surface area contributed by atoms with Gasteiger partial charge in [0.2, 0.25) is 11.8 Å². The summed E-state index contributed by atoms with van der Waals surface area (Å²) in [6.45, 7) is 1.15. The van der Waals surface area contributed by atoms with Crippen LogP contribution in [0.4, 0.5) is 0 Å². The van der Waals surface area contributed by atoms with Crippen LogP contribution in [0.15, 0.2) is 30.3 Å². The van der Waals surface area contributed by atoms with E-state index in [9.17, 15) is 19.5 Å². The molecule has 6 heteroatoms. The van der Waals surface area contributed by atoms with Gasteiger partial charge >= 0.3 is 5.97 Å². The fourth-order valence-corrected chi connectivity index (χ4v) is 3.81. The molecule has 26 heavy (non-hydrogen) atoms. The molecule has 2 N–H and O–H groups in total. The molecule has 0 bridgehead atoms. The van der Waals surface area contributed by atoms with Gasteiger partial charge in [0.15, 0.2) is 0 Å². The Kier molecular flexibility index (Phi) is 5.59. The van der Waals surface area contributed by atoms with E-state index in [-0.39, 0.29) is 24.3 Å². The Morgan fingerprint density at radius 2 is 1.92 bits per heavy atom. The van der Waals surface area contributed by atoms with Crippen molar-refractivity contribution in [2.45, 2.75) is 51.0 Å². The number of rotatable bonds is 7. The third-order valence-corrected chi connectivity index (χ3v) is 5.64. The SMILES string of the molecule is O=C(CC1(C(=O)O)CCC1)NC1CCN(C(=O)CCc2ccccc2)C1. The molecule has 1 aromatic rings. The van der Waals surface area contributed by atoms with Gasteiger partial charge in [-0.1, -0.05) is 36.8 Å². The summed E-state index contributed by atoms with van der Waals surface area (Å²) in [5, 5.41) is 12.2. The first-order valence-electron chi connectivity index (χ1n) is 9.33. The van der Waals surface area contributed by atoms with E-state index < -0.39 is 11.4 Å². The molecule has 1 unspecified atom stereocenters. The summed E-state index contributed by atoms with van der Waals surface area (Å²) in [7, 11) is 0. The maximum absolute atomic E-state index is 12.4. The smallest absolute Gasteiger partial charge is 0.310 e. The number of likely N-dealkylation sites (tertiary alicyclic amines) is 1. The molecule has 1 saturated heterocycles. The third kappa shape index (κ3) is 4.23. The number of carbonyl (C=O) groups is 3. The molecule has 1 aliphatic carbocycles. The molecule has 0 aromatic heterocycles. The van der Waals surface area contributed by atoms with Crippen molar-refractivity contribution in [3.05, 3.63) is 35.9 Å². The van der Waals surface area contributed by atoms with Crippen LogP contribution >= 0.6 is 0 Å². The minimum atomic E-state index is -0.872. The highest BCUT2D eigenvalue weighted by atomic mass is 16.4. The summed E-state index contributed by atoms with van der Waals surface area (Å²) in [5.41, 5.74) is 0.276. The number of amides is 2. The first-order valence-corrected chi connectivity index (χ1v) is 9.33. The quantitative estimate of drug-likeness (QED) is 0.780. The number of aliphatic carboxylic acids is 1. The molecule has 1 atom stereocenters.